The van der Waals surface area contributed by atoms with Crippen molar-refractivity contribution in [3.8, 4) is 0 Å². The molecule has 8 heteroatoms. The van der Waals surface area contributed by atoms with Gasteiger partial charge >= 0.3 is 11.9 Å². The van der Waals surface area contributed by atoms with E-state index in [1.807, 2.05) is 58.6 Å². The van der Waals surface area contributed by atoms with E-state index in [9.17, 15) is 14.4 Å². The Balaban J connectivity index is 0.000000227. The van der Waals surface area contributed by atoms with Gasteiger partial charge in [0.1, 0.15) is 11.2 Å². The predicted octanol–water partition coefficient (Wildman–Crippen LogP) is 7.00. The van der Waals surface area contributed by atoms with Crippen LogP contribution in [0, 0.1) is 0 Å². The molecule has 1 saturated heterocycles. The van der Waals surface area contributed by atoms with Gasteiger partial charge in [-0.1, -0.05) is 36.4 Å². The van der Waals surface area contributed by atoms with Gasteiger partial charge in [0.25, 0.3) is 0 Å². The Morgan fingerprint density at radius 3 is 1.52 bits per heavy atom. The van der Waals surface area contributed by atoms with E-state index < -0.39 is 11.2 Å². The molecule has 3 aliphatic heterocycles. The van der Waals surface area contributed by atoms with E-state index in [0.717, 1.165) is 62.4 Å². The van der Waals surface area contributed by atoms with Crippen molar-refractivity contribution in [3.05, 3.63) is 69.8 Å². The highest BCUT2D eigenvalue weighted by atomic mass is 16.6. The summed E-state index contributed by atoms with van der Waals surface area (Å²) in [6.45, 7) is 25.1. The molecule has 0 N–H and O–H groups in total. The van der Waals surface area contributed by atoms with Gasteiger partial charge in [-0.2, -0.15) is 0 Å². The number of carbonyl (C=O) groups is 3. The van der Waals surface area contributed by atoms with Crippen LogP contribution in [0.4, 0.5) is 0 Å². The van der Waals surface area contributed by atoms with E-state index in [1.165, 1.54) is 29.5 Å². The first-order chi connectivity index (χ1) is 22.3. The summed E-state index contributed by atoms with van der Waals surface area (Å²) >= 11 is 0. The van der Waals surface area contributed by atoms with Crippen LogP contribution >= 0.6 is 0 Å². The van der Waals surface area contributed by atoms with Crippen LogP contribution in [0.25, 0.3) is 0 Å². The summed E-state index contributed by atoms with van der Waals surface area (Å²) in [7, 11) is 0. The minimum absolute atomic E-state index is 0.0956. The number of fused-ring (bicyclic) bond motifs is 2. The Bertz CT molecular complexity index is 1380. The molecule has 8 nitrogen and oxygen atoms in total. The minimum atomic E-state index is -0.462. The standard InChI is InChI=1S/C19H29NO2.C17H23NO3.C4H8O/c1-18(2,3)20-10-9-15-8-7-14(11-16(15)13-20)12-17(21)22-19(4,5)6;1-12(19)18-8-7-14-6-5-13(9-15(14)11-18)10-16(20)21-17(2,3)4;1-2-4-5-3-1/h7-8,11H,9-10,12-13H2,1-6H3;5-6,9H,7-8,10-11H2,1-4H3;1-4H2. The third-order valence-corrected chi connectivity index (χ3v) is 8.32. The highest BCUT2D eigenvalue weighted by Crippen LogP contribution is 2.26. The molecule has 1 amide bonds. The van der Waals surface area contributed by atoms with E-state index in [4.69, 9.17) is 14.2 Å². The molecule has 3 aliphatic rings. The van der Waals surface area contributed by atoms with Crippen LogP contribution in [0.15, 0.2) is 36.4 Å². The fourth-order valence-electron chi connectivity index (χ4n) is 5.88. The maximum atomic E-state index is 12.0. The summed E-state index contributed by atoms with van der Waals surface area (Å²) in [6, 6.07) is 12.5. The number of hydrogen-bond acceptors (Lipinski definition) is 7. The molecular formula is C40H60N2O6. The number of hydrogen-bond donors (Lipinski definition) is 0. The lowest BCUT2D eigenvalue weighted by atomic mass is 9.93. The SMILES string of the molecule is C1CCOC1.CC(=O)N1CCc2ccc(CC(=O)OC(C)(C)C)cc2C1.CC(C)(C)OC(=O)Cc1ccc2c(c1)CN(C(C)(C)C)CC2. The lowest BCUT2D eigenvalue weighted by Gasteiger charge is -2.39. The van der Waals surface area contributed by atoms with Crippen molar-refractivity contribution in [2.75, 3.05) is 26.3 Å². The van der Waals surface area contributed by atoms with Crippen LogP contribution in [0.5, 0.6) is 0 Å². The van der Waals surface area contributed by atoms with Crippen LogP contribution in [0.3, 0.4) is 0 Å². The fourth-order valence-corrected chi connectivity index (χ4v) is 5.88. The first kappa shape index (κ1) is 39.2. The molecule has 5 rings (SSSR count). The molecule has 1 fully saturated rings. The van der Waals surface area contributed by atoms with Crippen LogP contribution in [-0.4, -0.2) is 70.7 Å². The first-order valence-corrected chi connectivity index (χ1v) is 17.5. The Labute approximate surface area is 289 Å². The van der Waals surface area contributed by atoms with Crippen LogP contribution < -0.4 is 0 Å². The molecule has 48 heavy (non-hydrogen) atoms. The molecule has 2 aromatic rings. The van der Waals surface area contributed by atoms with Gasteiger partial charge in [-0.3, -0.25) is 19.3 Å². The molecule has 0 spiro atoms. The zero-order valence-electron chi connectivity index (χ0n) is 31.3. The average Bonchev–Trinajstić information content (AvgIpc) is 3.55. The van der Waals surface area contributed by atoms with Crippen LogP contribution in [0.1, 0.15) is 115 Å². The second-order valence-corrected chi connectivity index (χ2v) is 16.1. The van der Waals surface area contributed by atoms with Crippen molar-refractivity contribution in [2.24, 2.45) is 0 Å². The largest absolute Gasteiger partial charge is 0.460 e. The maximum absolute atomic E-state index is 12.0. The van der Waals surface area contributed by atoms with Gasteiger partial charge in [-0.15, -0.1) is 0 Å². The van der Waals surface area contributed by atoms with Crippen molar-refractivity contribution in [3.63, 3.8) is 0 Å². The number of nitrogens with zero attached hydrogens (tertiary/aromatic N) is 2. The molecule has 266 valence electrons. The van der Waals surface area contributed by atoms with Gasteiger partial charge in [0.05, 0.1) is 12.8 Å². The molecule has 3 heterocycles. The molecule has 0 saturated carbocycles. The van der Waals surface area contributed by atoms with Crippen molar-refractivity contribution in [2.45, 2.75) is 138 Å². The lowest BCUT2D eigenvalue weighted by Crippen LogP contribution is -2.44. The zero-order chi connectivity index (χ0) is 35.7. The predicted molar refractivity (Wildman–Crippen MR) is 191 cm³/mol. The monoisotopic (exact) mass is 664 g/mol. The average molecular weight is 665 g/mol. The van der Waals surface area contributed by atoms with Gasteiger partial charge in [0.15, 0.2) is 0 Å². The molecule has 0 aromatic heterocycles. The summed E-state index contributed by atoms with van der Waals surface area (Å²) in [5.41, 5.74) is 6.44. The normalized spacial score (nSPS) is 16.3. The van der Waals surface area contributed by atoms with E-state index in [1.54, 1.807) is 6.92 Å². The van der Waals surface area contributed by atoms with E-state index >= 15 is 0 Å². The lowest BCUT2D eigenvalue weighted by molar-refractivity contribution is -0.155. The molecule has 0 bridgehead atoms. The topological polar surface area (TPSA) is 85.4 Å². The Kier molecular flexibility index (Phi) is 13.8. The number of ether oxygens (including phenoxy) is 3. The van der Waals surface area contributed by atoms with Gasteiger partial charge in [-0.25, -0.2) is 0 Å². The second-order valence-electron chi connectivity index (χ2n) is 16.1. The molecule has 0 aliphatic carbocycles. The van der Waals surface area contributed by atoms with Crippen molar-refractivity contribution in [1.82, 2.24) is 9.80 Å². The van der Waals surface area contributed by atoms with Gasteiger partial charge in [0.2, 0.25) is 5.91 Å². The summed E-state index contributed by atoms with van der Waals surface area (Å²) in [5.74, 6) is -0.282. The van der Waals surface area contributed by atoms with Crippen molar-refractivity contribution in [1.29, 1.82) is 0 Å². The maximum Gasteiger partial charge on any atom is 0.310 e. The molecular weight excluding hydrogens is 604 g/mol. The van der Waals surface area contributed by atoms with Crippen molar-refractivity contribution >= 4 is 17.8 Å². The molecule has 0 unspecified atom stereocenters. The quantitative estimate of drug-likeness (QED) is 0.326. The highest BCUT2D eigenvalue weighted by molar-refractivity contribution is 5.74. The summed E-state index contributed by atoms with van der Waals surface area (Å²) in [5, 5.41) is 0. The van der Waals surface area contributed by atoms with E-state index in [0.29, 0.717) is 13.0 Å². The number of amides is 1. The van der Waals surface area contributed by atoms with E-state index in [-0.39, 0.29) is 29.8 Å². The first-order valence-electron chi connectivity index (χ1n) is 17.5. The fraction of sp³-hybridized carbons (Fsp3) is 0.625. The van der Waals surface area contributed by atoms with E-state index in [2.05, 4.69) is 49.9 Å². The zero-order valence-corrected chi connectivity index (χ0v) is 31.3. The third-order valence-electron chi connectivity index (χ3n) is 8.32. The third kappa shape index (κ3) is 13.7. The molecule has 0 radical (unpaired) electrons. The number of benzene rings is 2. The summed E-state index contributed by atoms with van der Waals surface area (Å²) in [4.78, 5) is 39.7. The number of esters is 2. The molecule has 0 atom stereocenters. The van der Waals surface area contributed by atoms with Crippen LogP contribution in [-0.2, 0) is 67.4 Å². The summed E-state index contributed by atoms with van der Waals surface area (Å²) < 4.78 is 15.7. The highest BCUT2D eigenvalue weighted by Gasteiger charge is 2.26. The Morgan fingerprint density at radius 2 is 1.12 bits per heavy atom. The van der Waals surface area contributed by atoms with Gasteiger partial charge in [0, 0.05) is 51.9 Å². The number of rotatable bonds is 4. The Hall–Kier alpha value is -3.23. The number of carbonyl (C=O) groups excluding carboxylic acids is 3. The van der Waals surface area contributed by atoms with Crippen LogP contribution in [0.2, 0.25) is 0 Å². The summed E-state index contributed by atoms with van der Waals surface area (Å²) in [6.07, 6.45) is 5.13. The van der Waals surface area contributed by atoms with Crippen molar-refractivity contribution < 1.29 is 28.6 Å². The smallest absolute Gasteiger partial charge is 0.310 e. The van der Waals surface area contributed by atoms with Gasteiger partial charge < -0.3 is 19.1 Å². The minimum Gasteiger partial charge on any atom is -0.460 e. The second kappa shape index (κ2) is 16.9. The van der Waals surface area contributed by atoms with Gasteiger partial charge in [-0.05, 0) is 121 Å². The Morgan fingerprint density at radius 1 is 0.667 bits per heavy atom. The molecule has 2 aromatic carbocycles.